The number of benzene rings is 2. The third kappa shape index (κ3) is 5.66. The summed E-state index contributed by atoms with van der Waals surface area (Å²) in [7, 11) is 1.64. The van der Waals surface area contributed by atoms with Crippen molar-refractivity contribution in [3.63, 3.8) is 0 Å². The number of hydrogen-bond donors (Lipinski definition) is 2. The van der Waals surface area contributed by atoms with Crippen LogP contribution in [0.3, 0.4) is 0 Å². The number of aliphatic hydroxyl groups is 1. The summed E-state index contributed by atoms with van der Waals surface area (Å²) in [6.07, 6.45) is 1.12. The molecule has 2 aromatic rings. The van der Waals surface area contributed by atoms with Crippen molar-refractivity contribution in [2.75, 3.05) is 13.7 Å². The van der Waals surface area contributed by atoms with Gasteiger partial charge in [-0.3, -0.25) is 0 Å². The van der Waals surface area contributed by atoms with Gasteiger partial charge in [-0.2, -0.15) is 0 Å². The monoisotopic (exact) mass is 317 g/mol. The van der Waals surface area contributed by atoms with E-state index >= 15 is 0 Å². The van der Waals surface area contributed by atoms with Gasteiger partial charge in [-0.15, -0.1) is 0 Å². The highest BCUT2D eigenvalue weighted by molar-refractivity contribution is 5.30. The summed E-state index contributed by atoms with van der Waals surface area (Å²) < 4.78 is 18.3. The fraction of sp³-hybridized carbons (Fsp3) is 0.368. The predicted molar refractivity (Wildman–Crippen MR) is 90.1 cm³/mol. The molecule has 2 N–H and O–H groups in total. The summed E-state index contributed by atoms with van der Waals surface area (Å²) in [6, 6.07) is 14.6. The molecular weight excluding hydrogens is 293 g/mol. The van der Waals surface area contributed by atoms with Crippen LogP contribution in [0.4, 0.5) is 4.39 Å². The van der Waals surface area contributed by atoms with E-state index in [0.29, 0.717) is 6.42 Å². The average molecular weight is 317 g/mol. The zero-order chi connectivity index (χ0) is 16.7. The number of rotatable bonds is 8. The number of aliphatic hydroxyl groups excluding tert-OH is 1. The molecule has 0 heterocycles. The molecule has 0 saturated carbocycles. The van der Waals surface area contributed by atoms with Gasteiger partial charge in [0.25, 0.3) is 0 Å². The molecule has 2 aromatic carbocycles. The maximum Gasteiger partial charge on any atom is 0.123 e. The molecule has 0 aliphatic rings. The second kappa shape index (κ2) is 8.65. The van der Waals surface area contributed by atoms with Gasteiger partial charge in [0.15, 0.2) is 0 Å². The summed E-state index contributed by atoms with van der Waals surface area (Å²) in [6.45, 7) is 2.50. The van der Waals surface area contributed by atoms with Gasteiger partial charge >= 0.3 is 0 Å². The van der Waals surface area contributed by atoms with Gasteiger partial charge in [-0.05, 0) is 61.7 Å². The number of ether oxygens (including phenoxy) is 1. The number of methoxy groups -OCH3 is 1. The van der Waals surface area contributed by atoms with E-state index < -0.39 is 0 Å². The first-order valence-corrected chi connectivity index (χ1v) is 7.88. The predicted octanol–water partition coefficient (Wildman–Crippen LogP) is 3.48. The van der Waals surface area contributed by atoms with Crippen molar-refractivity contribution in [1.82, 2.24) is 5.32 Å². The summed E-state index contributed by atoms with van der Waals surface area (Å²) in [4.78, 5) is 0. The normalized spacial score (nSPS) is 13.6. The lowest BCUT2D eigenvalue weighted by Gasteiger charge is -2.20. The third-order valence-electron chi connectivity index (χ3n) is 3.82. The largest absolute Gasteiger partial charge is 0.497 e. The quantitative estimate of drug-likeness (QED) is 0.783. The maximum absolute atomic E-state index is 13.1. The van der Waals surface area contributed by atoms with Crippen molar-refractivity contribution in [3.05, 3.63) is 65.5 Å². The standard InChI is InChI=1S/C19H24FNO2/c1-14(22)11-12-21-19(13-15-3-7-17(20)8-4-15)16-5-9-18(23-2)10-6-16/h3-10,14,19,21-22H,11-13H2,1-2H3. The molecule has 0 amide bonds. The van der Waals surface area contributed by atoms with Gasteiger partial charge in [0.05, 0.1) is 13.2 Å². The third-order valence-corrected chi connectivity index (χ3v) is 3.82. The number of nitrogens with one attached hydrogen (secondary N) is 1. The van der Waals surface area contributed by atoms with Crippen molar-refractivity contribution < 1.29 is 14.2 Å². The van der Waals surface area contributed by atoms with Gasteiger partial charge in [-0.1, -0.05) is 24.3 Å². The molecule has 2 rings (SSSR count). The summed E-state index contributed by atoms with van der Waals surface area (Å²) in [5.41, 5.74) is 2.21. The lowest BCUT2D eigenvalue weighted by atomic mass is 9.98. The van der Waals surface area contributed by atoms with E-state index in [9.17, 15) is 9.50 Å². The van der Waals surface area contributed by atoms with Crippen LogP contribution in [0.5, 0.6) is 5.75 Å². The van der Waals surface area contributed by atoms with Gasteiger partial charge in [0.2, 0.25) is 0 Å². The average Bonchev–Trinajstić information content (AvgIpc) is 2.55. The molecule has 23 heavy (non-hydrogen) atoms. The SMILES string of the molecule is COc1ccc(C(Cc2ccc(F)cc2)NCCC(C)O)cc1. The van der Waals surface area contributed by atoms with Crippen LogP contribution in [0.25, 0.3) is 0 Å². The molecule has 0 radical (unpaired) electrons. The van der Waals surface area contributed by atoms with Crippen LogP contribution >= 0.6 is 0 Å². The van der Waals surface area contributed by atoms with E-state index in [4.69, 9.17) is 4.74 Å². The van der Waals surface area contributed by atoms with Gasteiger partial charge in [0, 0.05) is 6.04 Å². The van der Waals surface area contributed by atoms with Crippen molar-refractivity contribution in [3.8, 4) is 5.75 Å². The van der Waals surface area contributed by atoms with Crippen LogP contribution in [0, 0.1) is 5.82 Å². The first kappa shape index (κ1) is 17.4. The smallest absolute Gasteiger partial charge is 0.123 e. The zero-order valence-electron chi connectivity index (χ0n) is 13.6. The van der Waals surface area contributed by atoms with Crippen molar-refractivity contribution in [2.45, 2.75) is 31.9 Å². The van der Waals surface area contributed by atoms with Crippen molar-refractivity contribution in [2.24, 2.45) is 0 Å². The minimum atomic E-state index is -0.329. The Morgan fingerprint density at radius 3 is 2.30 bits per heavy atom. The van der Waals surface area contributed by atoms with Crippen LogP contribution in [0.15, 0.2) is 48.5 Å². The second-order valence-electron chi connectivity index (χ2n) is 5.75. The fourth-order valence-electron chi connectivity index (χ4n) is 2.47. The van der Waals surface area contributed by atoms with Crippen molar-refractivity contribution in [1.29, 1.82) is 0 Å². The Labute approximate surface area is 137 Å². The molecular formula is C19H24FNO2. The van der Waals surface area contributed by atoms with E-state index in [0.717, 1.165) is 29.8 Å². The molecule has 2 unspecified atom stereocenters. The van der Waals surface area contributed by atoms with Crippen LogP contribution < -0.4 is 10.1 Å². The van der Waals surface area contributed by atoms with E-state index in [2.05, 4.69) is 5.32 Å². The Hall–Kier alpha value is -1.91. The van der Waals surface area contributed by atoms with Crippen LogP contribution in [-0.4, -0.2) is 24.9 Å². The second-order valence-corrected chi connectivity index (χ2v) is 5.75. The van der Waals surface area contributed by atoms with E-state index in [1.807, 2.05) is 36.4 Å². The van der Waals surface area contributed by atoms with Gasteiger partial charge in [-0.25, -0.2) is 4.39 Å². The minimum Gasteiger partial charge on any atom is -0.497 e. The number of halogens is 1. The van der Waals surface area contributed by atoms with Crippen LogP contribution in [0.1, 0.15) is 30.5 Å². The molecule has 0 saturated heterocycles. The van der Waals surface area contributed by atoms with Crippen LogP contribution in [0.2, 0.25) is 0 Å². The Morgan fingerprint density at radius 2 is 1.74 bits per heavy atom. The lowest BCUT2D eigenvalue weighted by molar-refractivity contribution is 0.182. The van der Waals surface area contributed by atoms with E-state index in [-0.39, 0.29) is 18.0 Å². The molecule has 0 aromatic heterocycles. The topological polar surface area (TPSA) is 41.5 Å². The molecule has 3 nitrogen and oxygen atoms in total. The Balaban J connectivity index is 2.10. The van der Waals surface area contributed by atoms with Crippen LogP contribution in [-0.2, 0) is 6.42 Å². The highest BCUT2D eigenvalue weighted by atomic mass is 19.1. The first-order valence-electron chi connectivity index (χ1n) is 7.88. The van der Waals surface area contributed by atoms with Gasteiger partial charge in [0.1, 0.15) is 11.6 Å². The molecule has 0 aliphatic carbocycles. The Morgan fingerprint density at radius 1 is 1.09 bits per heavy atom. The minimum absolute atomic E-state index is 0.102. The van der Waals surface area contributed by atoms with Gasteiger partial charge < -0.3 is 15.2 Å². The molecule has 2 atom stereocenters. The van der Waals surface area contributed by atoms with E-state index in [1.54, 1.807) is 14.0 Å². The molecule has 4 heteroatoms. The maximum atomic E-state index is 13.1. The summed E-state index contributed by atoms with van der Waals surface area (Å²) >= 11 is 0. The zero-order valence-corrected chi connectivity index (χ0v) is 13.6. The summed E-state index contributed by atoms with van der Waals surface area (Å²) in [5.74, 6) is 0.593. The Kier molecular flexibility index (Phi) is 6.56. The molecule has 0 aliphatic heterocycles. The highest BCUT2D eigenvalue weighted by Gasteiger charge is 2.12. The summed E-state index contributed by atoms with van der Waals surface area (Å²) in [5, 5.41) is 12.9. The molecule has 124 valence electrons. The molecule has 0 spiro atoms. The molecule has 0 fully saturated rings. The number of hydrogen-bond acceptors (Lipinski definition) is 3. The molecule has 0 bridgehead atoms. The highest BCUT2D eigenvalue weighted by Crippen LogP contribution is 2.21. The lowest BCUT2D eigenvalue weighted by Crippen LogP contribution is -2.26. The van der Waals surface area contributed by atoms with Crippen molar-refractivity contribution >= 4 is 0 Å². The van der Waals surface area contributed by atoms with E-state index in [1.165, 1.54) is 12.1 Å². The Bertz CT molecular complexity index is 581. The fourth-order valence-corrected chi connectivity index (χ4v) is 2.47. The first-order chi connectivity index (χ1) is 11.1.